The van der Waals surface area contributed by atoms with Gasteiger partial charge in [0.05, 0.1) is 5.56 Å². The van der Waals surface area contributed by atoms with Gasteiger partial charge in [0.1, 0.15) is 17.3 Å². The van der Waals surface area contributed by atoms with Gasteiger partial charge in [-0.15, -0.1) is 0 Å². The maximum atomic E-state index is 14.3. The van der Waals surface area contributed by atoms with Crippen LogP contribution in [0.25, 0.3) is 22.6 Å². The van der Waals surface area contributed by atoms with E-state index < -0.39 is 5.82 Å². The van der Waals surface area contributed by atoms with E-state index in [4.69, 9.17) is 0 Å². The first kappa shape index (κ1) is 13.2. The van der Waals surface area contributed by atoms with E-state index in [0.29, 0.717) is 34.6 Å². The highest BCUT2D eigenvalue weighted by molar-refractivity contribution is 5.91. The molecular formula is C15H13FN4O. The molecule has 3 aromatic rings. The van der Waals surface area contributed by atoms with E-state index in [1.807, 2.05) is 6.92 Å². The number of H-pyrrole nitrogens is 2. The lowest BCUT2D eigenvalue weighted by Gasteiger charge is -2.07. The molecule has 2 aromatic heterocycles. The molecule has 0 aliphatic heterocycles. The topological polar surface area (TPSA) is 74.4 Å². The fourth-order valence-corrected chi connectivity index (χ4v) is 2.28. The normalized spacial score (nSPS) is 10.8. The molecule has 0 radical (unpaired) electrons. The Morgan fingerprint density at radius 3 is 2.76 bits per heavy atom. The van der Waals surface area contributed by atoms with Gasteiger partial charge in [0.2, 0.25) is 0 Å². The number of aromatic nitrogens is 4. The van der Waals surface area contributed by atoms with Gasteiger partial charge in [0.15, 0.2) is 6.29 Å². The molecule has 0 fully saturated rings. The number of rotatable bonds is 3. The zero-order valence-electron chi connectivity index (χ0n) is 11.6. The minimum Gasteiger partial charge on any atom is -0.342 e. The fourth-order valence-electron chi connectivity index (χ4n) is 2.28. The summed E-state index contributed by atoms with van der Waals surface area (Å²) < 4.78 is 14.3. The molecule has 0 bridgehead atoms. The number of carbonyl (C=O) groups excluding carboxylic acids is 1. The number of hydrogen-bond donors (Lipinski definition) is 2. The maximum Gasteiger partial charge on any atom is 0.154 e. The molecule has 0 spiro atoms. The van der Waals surface area contributed by atoms with Crippen LogP contribution >= 0.6 is 0 Å². The van der Waals surface area contributed by atoms with Crippen molar-refractivity contribution in [3.8, 4) is 22.6 Å². The number of hydrogen-bond acceptors (Lipinski definition) is 3. The molecule has 0 aliphatic rings. The third-order valence-corrected chi connectivity index (χ3v) is 3.32. The van der Waals surface area contributed by atoms with Gasteiger partial charge in [-0.05, 0) is 19.9 Å². The van der Waals surface area contributed by atoms with Gasteiger partial charge in [-0.2, -0.15) is 5.10 Å². The van der Waals surface area contributed by atoms with Crippen molar-refractivity contribution in [3.05, 3.63) is 47.2 Å². The Kier molecular flexibility index (Phi) is 3.13. The number of aldehydes is 1. The third-order valence-electron chi connectivity index (χ3n) is 3.32. The summed E-state index contributed by atoms with van der Waals surface area (Å²) in [4.78, 5) is 18.5. The van der Waals surface area contributed by atoms with Gasteiger partial charge in [-0.1, -0.05) is 12.1 Å². The predicted octanol–water partition coefficient (Wildman–Crippen LogP) is 3.04. The van der Waals surface area contributed by atoms with E-state index >= 15 is 0 Å². The molecule has 0 saturated carbocycles. The number of aryl methyl sites for hydroxylation is 2. The van der Waals surface area contributed by atoms with Crippen LogP contribution in [0.4, 0.5) is 4.39 Å². The number of benzene rings is 1. The zero-order valence-corrected chi connectivity index (χ0v) is 11.6. The first-order valence-electron chi connectivity index (χ1n) is 6.43. The minimum atomic E-state index is -0.448. The van der Waals surface area contributed by atoms with E-state index in [1.165, 1.54) is 6.07 Å². The van der Waals surface area contributed by atoms with Gasteiger partial charge >= 0.3 is 0 Å². The summed E-state index contributed by atoms with van der Waals surface area (Å²) >= 11 is 0. The average Bonchev–Trinajstić information content (AvgIpc) is 3.04. The lowest BCUT2D eigenvalue weighted by Crippen LogP contribution is -1.95. The smallest absolute Gasteiger partial charge is 0.154 e. The van der Waals surface area contributed by atoms with Crippen LogP contribution in [0.5, 0.6) is 0 Å². The first-order chi connectivity index (χ1) is 10.1. The summed E-state index contributed by atoms with van der Waals surface area (Å²) in [5.41, 5.74) is 2.95. The van der Waals surface area contributed by atoms with E-state index in [2.05, 4.69) is 20.2 Å². The highest BCUT2D eigenvalue weighted by Crippen LogP contribution is 2.33. The van der Waals surface area contributed by atoms with Crippen LogP contribution < -0.4 is 0 Å². The van der Waals surface area contributed by atoms with E-state index in [-0.39, 0.29) is 5.56 Å². The molecule has 2 heterocycles. The Morgan fingerprint density at radius 2 is 2.10 bits per heavy atom. The molecule has 0 atom stereocenters. The highest BCUT2D eigenvalue weighted by Gasteiger charge is 2.20. The highest BCUT2D eigenvalue weighted by atomic mass is 19.1. The molecule has 1 aromatic carbocycles. The Labute approximate surface area is 120 Å². The molecule has 3 rings (SSSR count). The summed E-state index contributed by atoms with van der Waals surface area (Å²) in [7, 11) is 0. The van der Waals surface area contributed by atoms with Crippen LogP contribution in [0.15, 0.2) is 24.4 Å². The van der Waals surface area contributed by atoms with Gasteiger partial charge < -0.3 is 4.98 Å². The van der Waals surface area contributed by atoms with Gasteiger partial charge in [0, 0.05) is 28.7 Å². The molecule has 21 heavy (non-hydrogen) atoms. The van der Waals surface area contributed by atoms with Crippen LogP contribution in [0.3, 0.4) is 0 Å². The second kappa shape index (κ2) is 4.97. The van der Waals surface area contributed by atoms with Gasteiger partial charge in [0.25, 0.3) is 0 Å². The SMILES string of the molecule is Cc1cnc(-c2cccc(F)c2-c2n[nH]c(C)c2C=O)[nH]1. The molecular weight excluding hydrogens is 271 g/mol. The van der Waals surface area contributed by atoms with Crippen molar-refractivity contribution in [1.29, 1.82) is 0 Å². The standard InChI is InChI=1S/C15H13FN4O/c1-8-6-17-15(18-8)10-4-3-5-12(16)13(10)14-11(7-21)9(2)19-20-14/h3-7H,1-2H3,(H,17,18)(H,19,20). The van der Waals surface area contributed by atoms with Crippen molar-refractivity contribution >= 4 is 6.29 Å². The largest absolute Gasteiger partial charge is 0.342 e. The van der Waals surface area contributed by atoms with E-state index in [0.717, 1.165) is 5.69 Å². The third kappa shape index (κ3) is 2.14. The second-order valence-electron chi connectivity index (χ2n) is 4.81. The van der Waals surface area contributed by atoms with Gasteiger partial charge in [-0.3, -0.25) is 9.89 Å². The lowest BCUT2D eigenvalue weighted by molar-refractivity contribution is 0.112. The van der Waals surface area contributed by atoms with Crippen molar-refractivity contribution in [2.75, 3.05) is 0 Å². The number of aromatic amines is 2. The summed E-state index contributed by atoms with van der Waals surface area (Å²) in [5.74, 6) is 0.0932. The van der Waals surface area contributed by atoms with E-state index in [1.54, 1.807) is 25.3 Å². The molecule has 5 nitrogen and oxygen atoms in total. The summed E-state index contributed by atoms with van der Waals surface area (Å²) in [5, 5.41) is 6.79. The Balaban J connectivity index is 2.29. The molecule has 0 saturated heterocycles. The number of halogens is 1. The van der Waals surface area contributed by atoms with Crippen LogP contribution in [0.1, 0.15) is 21.7 Å². The molecule has 2 N–H and O–H groups in total. The maximum absolute atomic E-state index is 14.3. The quantitative estimate of drug-likeness (QED) is 0.726. The van der Waals surface area contributed by atoms with Crippen molar-refractivity contribution in [1.82, 2.24) is 20.2 Å². The molecule has 0 aliphatic carbocycles. The van der Waals surface area contributed by atoms with Crippen LogP contribution in [0.2, 0.25) is 0 Å². The van der Waals surface area contributed by atoms with Crippen LogP contribution in [-0.4, -0.2) is 26.5 Å². The van der Waals surface area contributed by atoms with Crippen molar-refractivity contribution in [3.63, 3.8) is 0 Å². The molecule has 0 amide bonds. The predicted molar refractivity (Wildman–Crippen MR) is 76.4 cm³/mol. The monoisotopic (exact) mass is 284 g/mol. The van der Waals surface area contributed by atoms with Crippen molar-refractivity contribution in [2.24, 2.45) is 0 Å². The number of carbonyl (C=O) groups is 1. The lowest BCUT2D eigenvalue weighted by atomic mass is 10.00. The summed E-state index contributed by atoms with van der Waals surface area (Å²) in [6.45, 7) is 3.59. The van der Waals surface area contributed by atoms with Crippen molar-refractivity contribution < 1.29 is 9.18 Å². The number of nitrogens with one attached hydrogen (secondary N) is 2. The molecule has 0 unspecified atom stereocenters. The number of nitrogens with zero attached hydrogens (tertiary/aromatic N) is 2. The first-order valence-corrected chi connectivity index (χ1v) is 6.43. The van der Waals surface area contributed by atoms with Crippen LogP contribution in [0, 0.1) is 19.7 Å². The Morgan fingerprint density at radius 1 is 1.29 bits per heavy atom. The van der Waals surface area contributed by atoms with E-state index in [9.17, 15) is 9.18 Å². The minimum absolute atomic E-state index is 0.262. The molecule has 6 heteroatoms. The summed E-state index contributed by atoms with van der Waals surface area (Å²) in [6.07, 6.45) is 2.35. The fraction of sp³-hybridized carbons (Fsp3) is 0.133. The van der Waals surface area contributed by atoms with Crippen molar-refractivity contribution in [2.45, 2.75) is 13.8 Å². The Hall–Kier alpha value is -2.76. The van der Waals surface area contributed by atoms with Gasteiger partial charge in [-0.25, -0.2) is 9.37 Å². The zero-order chi connectivity index (χ0) is 15.0. The van der Waals surface area contributed by atoms with Crippen LogP contribution in [-0.2, 0) is 0 Å². The molecule has 106 valence electrons. The number of imidazole rings is 1. The summed E-state index contributed by atoms with van der Waals surface area (Å²) in [6, 6.07) is 4.69. The average molecular weight is 284 g/mol. The second-order valence-corrected chi connectivity index (χ2v) is 4.81. The Bertz CT molecular complexity index is 819.